The molecule has 0 aliphatic heterocycles. The Kier molecular flexibility index (Phi) is 5.70. The van der Waals surface area contributed by atoms with Crippen LogP contribution in [0.1, 0.15) is 36.3 Å². The molecular weight excluding hydrogens is 288 g/mol. The van der Waals surface area contributed by atoms with Crippen molar-refractivity contribution in [1.29, 1.82) is 5.26 Å². The Hall–Kier alpha value is -2.87. The standard InChI is InChI=1S/C18H20N4O/c1-13(2)9-10-20-18(23)17-8-7-16(12-21-17)22-15-5-3-14(11-19)4-6-15/h3-8,12-13,22H,9-10H2,1-2H3,(H,20,23). The van der Waals surface area contributed by atoms with Crippen molar-refractivity contribution in [3.8, 4) is 6.07 Å². The third kappa shape index (κ3) is 5.11. The van der Waals surface area contributed by atoms with Crippen molar-refractivity contribution < 1.29 is 4.79 Å². The van der Waals surface area contributed by atoms with E-state index in [1.165, 1.54) is 0 Å². The second kappa shape index (κ2) is 7.95. The molecule has 0 radical (unpaired) electrons. The van der Waals surface area contributed by atoms with E-state index >= 15 is 0 Å². The van der Waals surface area contributed by atoms with Crippen molar-refractivity contribution in [2.24, 2.45) is 5.92 Å². The number of rotatable bonds is 6. The van der Waals surface area contributed by atoms with Gasteiger partial charge in [0.05, 0.1) is 23.5 Å². The van der Waals surface area contributed by atoms with Crippen LogP contribution in [0.25, 0.3) is 0 Å². The third-order valence-electron chi connectivity index (χ3n) is 3.31. The van der Waals surface area contributed by atoms with Gasteiger partial charge in [-0.05, 0) is 48.7 Å². The maximum atomic E-state index is 11.9. The number of nitrogens with one attached hydrogen (secondary N) is 2. The molecule has 0 bridgehead atoms. The van der Waals surface area contributed by atoms with E-state index in [0.29, 0.717) is 23.7 Å². The summed E-state index contributed by atoms with van der Waals surface area (Å²) in [7, 11) is 0. The van der Waals surface area contributed by atoms with Crippen LogP contribution in [0.2, 0.25) is 0 Å². The second-order valence-corrected chi connectivity index (χ2v) is 5.68. The lowest BCUT2D eigenvalue weighted by Gasteiger charge is -2.08. The number of carbonyl (C=O) groups excluding carboxylic acids is 1. The van der Waals surface area contributed by atoms with Gasteiger partial charge in [-0.25, -0.2) is 4.98 Å². The van der Waals surface area contributed by atoms with Crippen molar-refractivity contribution in [2.75, 3.05) is 11.9 Å². The number of benzene rings is 1. The van der Waals surface area contributed by atoms with Gasteiger partial charge < -0.3 is 10.6 Å². The summed E-state index contributed by atoms with van der Waals surface area (Å²) in [5.74, 6) is 0.401. The molecule has 1 aromatic carbocycles. The third-order valence-corrected chi connectivity index (χ3v) is 3.31. The molecular formula is C18H20N4O. The average molecular weight is 308 g/mol. The molecule has 2 aromatic rings. The Bertz CT molecular complexity index is 684. The maximum absolute atomic E-state index is 11.9. The van der Waals surface area contributed by atoms with E-state index in [1.54, 1.807) is 24.4 Å². The van der Waals surface area contributed by atoms with E-state index in [-0.39, 0.29) is 5.91 Å². The Labute approximate surface area is 136 Å². The van der Waals surface area contributed by atoms with Crippen LogP contribution in [0, 0.1) is 17.2 Å². The lowest BCUT2D eigenvalue weighted by molar-refractivity contribution is 0.0947. The van der Waals surface area contributed by atoms with E-state index in [2.05, 4.69) is 35.5 Å². The quantitative estimate of drug-likeness (QED) is 0.856. The number of aromatic nitrogens is 1. The highest BCUT2D eigenvalue weighted by Crippen LogP contribution is 2.16. The highest BCUT2D eigenvalue weighted by atomic mass is 16.1. The number of nitriles is 1. The van der Waals surface area contributed by atoms with Gasteiger partial charge in [0.2, 0.25) is 0 Å². The first-order valence-electron chi connectivity index (χ1n) is 7.60. The minimum atomic E-state index is -0.157. The van der Waals surface area contributed by atoms with Gasteiger partial charge in [-0.3, -0.25) is 4.79 Å². The van der Waals surface area contributed by atoms with Gasteiger partial charge in [0, 0.05) is 12.2 Å². The number of nitrogens with zero attached hydrogens (tertiary/aromatic N) is 2. The van der Waals surface area contributed by atoms with Crippen molar-refractivity contribution >= 4 is 17.3 Å². The summed E-state index contributed by atoms with van der Waals surface area (Å²) in [6.07, 6.45) is 2.57. The molecule has 1 heterocycles. The molecule has 0 saturated carbocycles. The Balaban J connectivity index is 1.93. The van der Waals surface area contributed by atoms with E-state index in [4.69, 9.17) is 5.26 Å². The van der Waals surface area contributed by atoms with E-state index in [9.17, 15) is 4.79 Å². The SMILES string of the molecule is CC(C)CCNC(=O)c1ccc(Nc2ccc(C#N)cc2)cn1. The van der Waals surface area contributed by atoms with Crippen LogP contribution in [0.3, 0.4) is 0 Å². The lowest BCUT2D eigenvalue weighted by Crippen LogP contribution is -2.26. The summed E-state index contributed by atoms with van der Waals surface area (Å²) in [6, 6.07) is 12.7. The first-order valence-corrected chi connectivity index (χ1v) is 7.60. The first-order chi connectivity index (χ1) is 11.1. The molecule has 2 N–H and O–H groups in total. The Morgan fingerprint density at radius 3 is 2.43 bits per heavy atom. The Morgan fingerprint density at radius 2 is 1.87 bits per heavy atom. The molecule has 0 aliphatic carbocycles. The normalized spacial score (nSPS) is 10.2. The van der Waals surface area contributed by atoms with Crippen LogP contribution in [-0.4, -0.2) is 17.4 Å². The predicted molar refractivity (Wildman–Crippen MR) is 90.5 cm³/mol. The number of anilines is 2. The zero-order chi connectivity index (χ0) is 16.7. The average Bonchev–Trinajstić information content (AvgIpc) is 2.56. The zero-order valence-corrected chi connectivity index (χ0v) is 13.3. The number of hydrogen-bond acceptors (Lipinski definition) is 4. The molecule has 0 aliphatic rings. The number of carbonyl (C=O) groups is 1. The molecule has 118 valence electrons. The smallest absolute Gasteiger partial charge is 0.269 e. The highest BCUT2D eigenvalue weighted by molar-refractivity contribution is 5.92. The van der Waals surface area contributed by atoms with Crippen molar-refractivity contribution in [3.63, 3.8) is 0 Å². The second-order valence-electron chi connectivity index (χ2n) is 5.68. The van der Waals surface area contributed by atoms with Crippen LogP contribution in [0.4, 0.5) is 11.4 Å². The summed E-state index contributed by atoms with van der Waals surface area (Å²) >= 11 is 0. The van der Waals surface area contributed by atoms with Crippen LogP contribution < -0.4 is 10.6 Å². The summed E-state index contributed by atoms with van der Waals surface area (Å²) < 4.78 is 0. The van der Waals surface area contributed by atoms with Crippen molar-refractivity contribution in [3.05, 3.63) is 53.9 Å². The van der Waals surface area contributed by atoms with Crippen LogP contribution in [0.5, 0.6) is 0 Å². The summed E-state index contributed by atoms with van der Waals surface area (Å²) in [6.45, 7) is 4.89. The minimum absolute atomic E-state index is 0.157. The monoisotopic (exact) mass is 308 g/mol. The number of hydrogen-bond donors (Lipinski definition) is 2. The van der Waals surface area contributed by atoms with Gasteiger partial charge in [-0.15, -0.1) is 0 Å². The molecule has 1 aromatic heterocycles. The number of pyridine rings is 1. The molecule has 5 heteroatoms. The van der Waals surface area contributed by atoms with Gasteiger partial charge in [0.15, 0.2) is 0 Å². The minimum Gasteiger partial charge on any atom is -0.354 e. The topological polar surface area (TPSA) is 77.8 Å². The van der Waals surface area contributed by atoms with Crippen molar-refractivity contribution in [1.82, 2.24) is 10.3 Å². The van der Waals surface area contributed by atoms with Gasteiger partial charge in [0.1, 0.15) is 5.69 Å². The predicted octanol–water partition coefficient (Wildman–Crippen LogP) is 3.47. The van der Waals surface area contributed by atoms with Gasteiger partial charge in [-0.1, -0.05) is 13.8 Å². The van der Waals surface area contributed by atoms with Gasteiger partial charge >= 0.3 is 0 Å². The van der Waals surface area contributed by atoms with Crippen LogP contribution in [0.15, 0.2) is 42.6 Å². The molecule has 0 saturated heterocycles. The summed E-state index contributed by atoms with van der Waals surface area (Å²) in [4.78, 5) is 16.1. The molecule has 0 unspecified atom stereocenters. The summed E-state index contributed by atoms with van der Waals surface area (Å²) in [5, 5.41) is 14.8. The molecule has 0 atom stereocenters. The zero-order valence-electron chi connectivity index (χ0n) is 13.3. The van der Waals surface area contributed by atoms with E-state index in [0.717, 1.165) is 17.8 Å². The molecule has 0 spiro atoms. The fourth-order valence-corrected chi connectivity index (χ4v) is 1.96. The van der Waals surface area contributed by atoms with E-state index in [1.807, 2.05) is 18.2 Å². The largest absolute Gasteiger partial charge is 0.354 e. The highest BCUT2D eigenvalue weighted by Gasteiger charge is 2.07. The molecule has 2 rings (SSSR count). The fraction of sp³-hybridized carbons (Fsp3) is 0.278. The number of amides is 1. The van der Waals surface area contributed by atoms with Gasteiger partial charge in [0.25, 0.3) is 5.91 Å². The van der Waals surface area contributed by atoms with E-state index < -0.39 is 0 Å². The van der Waals surface area contributed by atoms with Gasteiger partial charge in [-0.2, -0.15) is 5.26 Å². The summed E-state index contributed by atoms with van der Waals surface area (Å²) in [5.41, 5.74) is 2.66. The lowest BCUT2D eigenvalue weighted by atomic mass is 10.1. The molecule has 23 heavy (non-hydrogen) atoms. The molecule has 1 amide bonds. The van der Waals surface area contributed by atoms with Crippen LogP contribution in [-0.2, 0) is 0 Å². The fourth-order valence-electron chi connectivity index (χ4n) is 1.96. The van der Waals surface area contributed by atoms with Crippen LogP contribution >= 0.6 is 0 Å². The molecule has 0 fully saturated rings. The Morgan fingerprint density at radius 1 is 1.17 bits per heavy atom. The maximum Gasteiger partial charge on any atom is 0.269 e. The molecule has 5 nitrogen and oxygen atoms in total. The first kappa shape index (κ1) is 16.5. The van der Waals surface area contributed by atoms with Crippen molar-refractivity contribution in [2.45, 2.75) is 20.3 Å².